The van der Waals surface area contributed by atoms with E-state index in [1.165, 1.54) is 11.3 Å². The molecule has 5 N–H and O–H groups in total. The van der Waals surface area contributed by atoms with Crippen molar-refractivity contribution in [1.29, 1.82) is 0 Å². The number of H-pyrrole nitrogens is 1. The second-order valence-electron chi connectivity index (χ2n) is 7.14. The van der Waals surface area contributed by atoms with Crippen LogP contribution in [0, 0.1) is 0 Å². The number of para-hydroxylation sites is 1. The molecule has 0 aliphatic carbocycles. The predicted molar refractivity (Wildman–Crippen MR) is 129 cm³/mol. The lowest BCUT2D eigenvalue weighted by Crippen LogP contribution is -2.53. The number of halogens is 1. The molecule has 2 heterocycles. The Balaban J connectivity index is 1.44. The van der Waals surface area contributed by atoms with Crippen molar-refractivity contribution in [2.24, 2.45) is 0 Å². The largest absolute Gasteiger partial charge is 0.361 e. The zero-order chi connectivity index (χ0) is 23.2. The fraction of sp³-hybridized carbons (Fsp3) is 0.0870. The van der Waals surface area contributed by atoms with Gasteiger partial charge in [0.2, 0.25) is 0 Å². The number of benzene rings is 2. The Morgan fingerprint density at radius 2 is 1.76 bits per heavy atom. The summed E-state index contributed by atoms with van der Waals surface area (Å²) in [6, 6.07) is 16.1. The number of hydrogen-bond acceptors (Lipinski definition) is 4. The van der Waals surface area contributed by atoms with E-state index in [1.807, 2.05) is 30.5 Å². The number of rotatable bonds is 6. The summed E-state index contributed by atoms with van der Waals surface area (Å²) in [6.07, 6.45) is 2.04. The van der Waals surface area contributed by atoms with Crippen LogP contribution >= 0.6 is 22.9 Å². The molecule has 0 aliphatic rings. The summed E-state index contributed by atoms with van der Waals surface area (Å²) >= 11 is 7.11. The number of hydrazine groups is 1. The van der Waals surface area contributed by atoms with E-state index in [-0.39, 0.29) is 12.3 Å². The minimum absolute atomic E-state index is 0.230. The third kappa shape index (κ3) is 5.71. The van der Waals surface area contributed by atoms with Gasteiger partial charge in [0.15, 0.2) is 0 Å². The van der Waals surface area contributed by atoms with Crippen molar-refractivity contribution < 1.29 is 14.4 Å². The summed E-state index contributed by atoms with van der Waals surface area (Å²) in [4.78, 5) is 41.4. The summed E-state index contributed by atoms with van der Waals surface area (Å²) in [5.74, 6) is -0.924. The van der Waals surface area contributed by atoms with Crippen molar-refractivity contribution in [2.45, 2.75) is 12.5 Å². The van der Waals surface area contributed by atoms with E-state index >= 15 is 0 Å². The first-order valence-corrected chi connectivity index (χ1v) is 11.3. The molecule has 0 radical (unpaired) electrons. The number of amides is 4. The molecule has 168 valence electrons. The van der Waals surface area contributed by atoms with Crippen molar-refractivity contribution in [1.82, 2.24) is 21.2 Å². The molecular weight excluding hydrogens is 462 g/mol. The van der Waals surface area contributed by atoms with Gasteiger partial charge in [0.05, 0.1) is 4.88 Å². The van der Waals surface area contributed by atoms with E-state index < -0.39 is 18.0 Å². The van der Waals surface area contributed by atoms with Crippen LogP contribution in [0.15, 0.2) is 72.2 Å². The van der Waals surface area contributed by atoms with E-state index in [1.54, 1.807) is 41.8 Å². The second kappa shape index (κ2) is 10.2. The Labute approximate surface area is 198 Å². The van der Waals surface area contributed by atoms with E-state index in [9.17, 15) is 14.4 Å². The van der Waals surface area contributed by atoms with E-state index in [4.69, 9.17) is 11.6 Å². The van der Waals surface area contributed by atoms with E-state index in [0.29, 0.717) is 15.6 Å². The van der Waals surface area contributed by atoms with Crippen LogP contribution in [0.1, 0.15) is 15.2 Å². The second-order valence-corrected chi connectivity index (χ2v) is 8.53. The monoisotopic (exact) mass is 481 g/mol. The van der Waals surface area contributed by atoms with Crippen molar-refractivity contribution >= 4 is 57.4 Å². The molecule has 0 spiro atoms. The lowest BCUT2D eigenvalue weighted by molar-refractivity contribution is -0.123. The zero-order valence-corrected chi connectivity index (χ0v) is 18.8. The number of aromatic amines is 1. The lowest BCUT2D eigenvalue weighted by Gasteiger charge is -2.18. The Kier molecular flexibility index (Phi) is 6.92. The molecule has 2 aromatic carbocycles. The maximum atomic E-state index is 12.9. The van der Waals surface area contributed by atoms with Gasteiger partial charge in [-0.3, -0.25) is 15.0 Å². The Hall–Kier alpha value is -3.82. The molecule has 33 heavy (non-hydrogen) atoms. The number of nitrogens with one attached hydrogen (secondary N) is 5. The van der Waals surface area contributed by atoms with Crippen LogP contribution in [-0.4, -0.2) is 28.9 Å². The molecule has 8 nitrogen and oxygen atoms in total. The van der Waals surface area contributed by atoms with Crippen LogP contribution in [0.25, 0.3) is 10.9 Å². The molecule has 4 amide bonds. The highest BCUT2D eigenvalue weighted by Crippen LogP contribution is 2.19. The highest BCUT2D eigenvalue weighted by atomic mass is 35.5. The molecule has 0 fully saturated rings. The van der Waals surface area contributed by atoms with Crippen molar-refractivity contribution in [2.75, 3.05) is 5.32 Å². The van der Waals surface area contributed by atoms with Crippen molar-refractivity contribution in [3.63, 3.8) is 0 Å². The van der Waals surface area contributed by atoms with Gasteiger partial charge in [0.25, 0.3) is 11.8 Å². The molecule has 4 rings (SSSR count). The van der Waals surface area contributed by atoms with Gasteiger partial charge in [-0.1, -0.05) is 35.9 Å². The van der Waals surface area contributed by atoms with Crippen LogP contribution in [0.5, 0.6) is 0 Å². The topological polar surface area (TPSA) is 115 Å². The number of aromatic nitrogens is 1. The van der Waals surface area contributed by atoms with E-state index in [0.717, 1.165) is 16.5 Å². The Morgan fingerprint density at radius 1 is 0.970 bits per heavy atom. The van der Waals surface area contributed by atoms with Gasteiger partial charge in [0, 0.05) is 34.2 Å². The van der Waals surface area contributed by atoms with Crippen LogP contribution in [0.2, 0.25) is 5.02 Å². The fourth-order valence-corrected chi connectivity index (χ4v) is 4.02. The molecule has 1 atom stereocenters. The molecule has 2 aromatic heterocycles. The maximum Gasteiger partial charge on any atom is 0.337 e. The van der Waals surface area contributed by atoms with Crippen LogP contribution < -0.4 is 21.5 Å². The number of carbonyl (C=O) groups is 3. The summed E-state index contributed by atoms with van der Waals surface area (Å²) in [5, 5.41) is 8.62. The highest BCUT2D eigenvalue weighted by molar-refractivity contribution is 7.12. The van der Waals surface area contributed by atoms with Gasteiger partial charge in [-0.05, 0) is 47.3 Å². The third-order valence-corrected chi connectivity index (χ3v) is 5.99. The van der Waals surface area contributed by atoms with Gasteiger partial charge >= 0.3 is 6.03 Å². The molecule has 0 bridgehead atoms. The first-order valence-electron chi connectivity index (χ1n) is 10.0. The van der Waals surface area contributed by atoms with Crippen LogP contribution in [-0.2, 0) is 11.2 Å². The molecule has 10 heteroatoms. The number of thiophene rings is 1. The average molecular weight is 482 g/mol. The molecular formula is C23H20ClN5O3S. The Morgan fingerprint density at radius 3 is 2.52 bits per heavy atom. The molecule has 0 saturated carbocycles. The van der Waals surface area contributed by atoms with Crippen LogP contribution in [0.3, 0.4) is 0 Å². The van der Waals surface area contributed by atoms with E-state index in [2.05, 4.69) is 26.5 Å². The normalized spacial score (nSPS) is 11.5. The summed E-state index contributed by atoms with van der Waals surface area (Å²) in [6.45, 7) is 0. The number of carbonyl (C=O) groups excluding carboxylic acids is 3. The first-order chi connectivity index (χ1) is 16.0. The van der Waals surface area contributed by atoms with Crippen LogP contribution in [0.4, 0.5) is 10.5 Å². The quantitative estimate of drug-likeness (QED) is 0.267. The molecule has 4 aromatic rings. The fourth-order valence-electron chi connectivity index (χ4n) is 3.27. The highest BCUT2D eigenvalue weighted by Gasteiger charge is 2.24. The summed E-state index contributed by atoms with van der Waals surface area (Å²) in [5.41, 5.74) is 6.99. The van der Waals surface area contributed by atoms with Gasteiger partial charge in [-0.25, -0.2) is 10.2 Å². The van der Waals surface area contributed by atoms with Crippen molar-refractivity contribution in [3.05, 3.63) is 87.7 Å². The SMILES string of the molecule is O=C(NNC(=O)[C@@H](Cc1c[nH]c2ccccc12)NC(=O)c1cccs1)Nc1ccc(Cl)cc1. The smallest absolute Gasteiger partial charge is 0.337 e. The molecule has 0 saturated heterocycles. The summed E-state index contributed by atoms with van der Waals surface area (Å²) in [7, 11) is 0. The number of fused-ring (bicyclic) bond motifs is 1. The number of urea groups is 1. The molecule has 0 aliphatic heterocycles. The standard InChI is InChI=1S/C23H20ClN5O3S/c24-15-7-9-16(10-8-15)26-23(32)29-28-21(30)19(27-22(31)20-6-3-11-33-20)12-14-13-25-18-5-2-1-4-17(14)18/h1-11,13,19,25H,12H2,(H,27,31)(H,28,30)(H2,26,29,32)/t19-/m1/s1. The minimum atomic E-state index is -0.922. The Bertz CT molecular complexity index is 1270. The van der Waals surface area contributed by atoms with Gasteiger partial charge in [-0.15, -0.1) is 11.3 Å². The number of hydrogen-bond donors (Lipinski definition) is 5. The first kappa shape index (κ1) is 22.4. The molecule has 0 unspecified atom stereocenters. The average Bonchev–Trinajstić information content (AvgIpc) is 3.49. The lowest BCUT2D eigenvalue weighted by atomic mass is 10.0. The van der Waals surface area contributed by atoms with Gasteiger partial charge in [0.1, 0.15) is 6.04 Å². The predicted octanol–water partition coefficient (Wildman–Crippen LogP) is 4.08. The zero-order valence-electron chi connectivity index (χ0n) is 17.2. The number of anilines is 1. The van der Waals surface area contributed by atoms with Crippen molar-refractivity contribution in [3.8, 4) is 0 Å². The minimum Gasteiger partial charge on any atom is -0.361 e. The third-order valence-electron chi connectivity index (χ3n) is 4.87. The van der Waals surface area contributed by atoms with Gasteiger partial charge < -0.3 is 15.6 Å². The summed E-state index contributed by atoms with van der Waals surface area (Å²) < 4.78 is 0. The van der Waals surface area contributed by atoms with Gasteiger partial charge in [-0.2, -0.15) is 0 Å². The maximum absolute atomic E-state index is 12.9.